The van der Waals surface area contributed by atoms with Crippen LogP contribution in [-0.4, -0.2) is 43.4 Å². The summed E-state index contributed by atoms with van der Waals surface area (Å²) < 4.78 is 25.0. The lowest BCUT2D eigenvalue weighted by atomic mass is 9.94. The molecular weight excluding hydrogens is 226 g/mol. The largest absolute Gasteiger partial charge is 0.342 e. The molecule has 5 heteroatoms. The molecule has 2 rings (SSSR count). The molecule has 0 aromatic carbocycles. The monoisotopic (exact) mass is 246 g/mol. The van der Waals surface area contributed by atoms with Crippen molar-refractivity contribution in [1.82, 2.24) is 10.2 Å². The number of amides is 1. The Labute approximate surface area is 101 Å². The third-order valence-electron chi connectivity index (χ3n) is 3.86. The van der Waals surface area contributed by atoms with Crippen LogP contribution < -0.4 is 5.32 Å². The summed E-state index contributed by atoms with van der Waals surface area (Å²) in [4.78, 5) is 13.6. The molecule has 2 aliphatic heterocycles. The summed E-state index contributed by atoms with van der Waals surface area (Å²) in [6.45, 7) is 2.70. The zero-order chi connectivity index (χ0) is 12.3. The highest BCUT2D eigenvalue weighted by atomic mass is 19.3. The number of hydrogen-bond acceptors (Lipinski definition) is 2. The normalized spacial score (nSPS) is 26.8. The second kappa shape index (κ2) is 5.76. The predicted octanol–water partition coefficient (Wildman–Crippen LogP) is 1.49. The van der Waals surface area contributed by atoms with Crippen LogP contribution in [0.5, 0.6) is 0 Å². The van der Waals surface area contributed by atoms with Gasteiger partial charge in [0.2, 0.25) is 12.3 Å². The lowest BCUT2D eigenvalue weighted by molar-refractivity contribution is -0.131. The first kappa shape index (κ1) is 12.7. The third kappa shape index (κ3) is 3.37. The van der Waals surface area contributed by atoms with Gasteiger partial charge in [-0.3, -0.25) is 4.79 Å². The molecule has 2 heterocycles. The van der Waals surface area contributed by atoms with Gasteiger partial charge in [0.05, 0.1) is 0 Å². The zero-order valence-corrected chi connectivity index (χ0v) is 10.0. The fraction of sp³-hybridized carbons (Fsp3) is 0.917. The average Bonchev–Trinajstić information content (AvgIpc) is 2.79. The van der Waals surface area contributed by atoms with Crippen LogP contribution in [-0.2, 0) is 4.79 Å². The summed E-state index contributed by atoms with van der Waals surface area (Å²) in [5.41, 5.74) is 0. The van der Waals surface area contributed by atoms with Crippen LogP contribution in [0.2, 0.25) is 0 Å². The molecule has 2 saturated heterocycles. The summed E-state index contributed by atoms with van der Waals surface area (Å²) in [5.74, 6) is -0.0960. The van der Waals surface area contributed by atoms with Crippen LogP contribution in [0.25, 0.3) is 0 Å². The highest BCUT2D eigenvalue weighted by Gasteiger charge is 2.32. The molecule has 0 aromatic rings. The standard InChI is InChI=1S/C12H20F2N2O/c13-12(14)10-3-6-16(8-10)11(17)7-9-1-4-15-5-2-9/h9-10,12,15H,1-8H2/t10-/m0/s1. The number of alkyl halides is 2. The Morgan fingerprint density at radius 1 is 1.29 bits per heavy atom. The number of likely N-dealkylation sites (tertiary alicyclic amines) is 1. The topological polar surface area (TPSA) is 32.3 Å². The molecule has 0 unspecified atom stereocenters. The molecule has 2 aliphatic rings. The number of nitrogens with zero attached hydrogens (tertiary/aromatic N) is 1. The molecule has 0 aromatic heterocycles. The molecule has 0 aliphatic carbocycles. The van der Waals surface area contributed by atoms with E-state index in [4.69, 9.17) is 0 Å². The quantitative estimate of drug-likeness (QED) is 0.818. The van der Waals surface area contributed by atoms with E-state index in [1.54, 1.807) is 4.90 Å². The van der Waals surface area contributed by atoms with Gasteiger partial charge in [0.1, 0.15) is 0 Å². The molecule has 1 atom stereocenters. The maximum absolute atomic E-state index is 12.5. The van der Waals surface area contributed by atoms with Crippen molar-refractivity contribution >= 4 is 5.91 Å². The van der Waals surface area contributed by atoms with Crippen molar-refractivity contribution in [3.63, 3.8) is 0 Å². The van der Waals surface area contributed by atoms with E-state index in [1.807, 2.05) is 0 Å². The van der Waals surface area contributed by atoms with Gasteiger partial charge >= 0.3 is 0 Å². The first-order chi connectivity index (χ1) is 8.16. The molecule has 1 N–H and O–H groups in total. The van der Waals surface area contributed by atoms with Crippen molar-refractivity contribution < 1.29 is 13.6 Å². The summed E-state index contributed by atoms with van der Waals surface area (Å²) >= 11 is 0. The highest BCUT2D eigenvalue weighted by Crippen LogP contribution is 2.25. The van der Waals surface area contributed by atoms with Gasteiger partial charge in [-0.2, -0.15) is 0 Å². The lowest BCUT2D eigenvalue weighted by Crippen LogP contribution is -2.34. The smallest absolute Gasteiger partial charge is 0.243 e. The van der Waals surface area contributed by atoms with Gasteiger partial charge in [-0.1, -0.05) is 0 Å². The molecule has 17 heavy (non-hydrogen) atoms. The highest BCUT2D eigenvalue weighted by molar-refractivity contribution is 5.76. The van der Waals surface area contributed by atoms with E-state index < -0.39 is 12.3 Å². The molecule has 0 bridgehead atoms. The second-order valence-corrected chi connectivity index (χ2v) is 5.12. The number of carbonyl (C=O) groups is 1. The van der Waals surface area contributed by atoms with Crippen LogP contribution in [0.3, 0.4) is 0 Å². The summed E-state index contributed by atoms with van der Waals surface area (Å²) in [6.07, 6.45) is 0.759. The average molecular weight is 246 g/mol. The third-order valence-corrected chi connectivity index (χ3v) is 3.86. The Bertz CT molecular complexity index is 267. The van der Waals surface area contributed by atoms with Crippen molar-refractivity contribution in [2.75, 3.05) is 26.2 Å². The number of piperidine rings is 1. The number of hydrogen-bond donors (Lipinski definition) is 1. The fourth-order valence-electron chi connectivity index (χ4n) is 2.68. The predicted molar refractivity (Wildman–Crippen MR) is 60.9 cm³/mol. The Morgan fingerprint density at radius 3 is 2.59 bits per heavy atom. The van der Waals surface area contributed by atoms with Gasteiger partial charge in [0, 0.05) is 25.4 Å². The van der Waals surface area contributed by atoms with Gasteiger partial charge in [0.15, 0.2) is 0 Å². The van der Waals surface area contributed by atoms with E-state index >= 15 is 0 Å². The molecule has 3 nitrogen and oxygen atoms in total. The van der Waals surface area contributed by atoms with Crippen molar-refractivity contribution in [1.29, 1.82) is 0 Å². The summed E-state index contributed by atoms with van der Waals surface area (Å²) in [5, 5.41) is 3.26. The van der Waals surface area contributed by atoms with E-state index in [0.29, 0.717) is 25.3 Å². The Kier molecular flexibility index (Phi) is 4.31. The molecule has 0 spiro atoms. The Hall–Kier alpha value is -0.710. The Morgan fingerprint density at radius 2 is 2.00 bits per heavy atom. The number of nitrogens with one attached hydrogen (secondary N) is 1. The summed E-state index contributed by atoms with van der Waals surface area (Å²) in [7, 11) is 0. The number of carbonyl (C=O) groups excluding carboxylic acids is 1. The van der Waals surface area contributed by atoms with Gasteiger partial charge in [-0.05, 0) is 38.3 Å². The van der Waals surface area contributed by atoms with Crippen LogP contribution in [0.1, 0.15) is 25.7 Å². The van der Waals surface area contributed by atoms with E-state index in [0.717, 1.165) is 25.9 Å². The molecule has 1 amide bonds. The van der Waals surface area contributed by atoms with Gasteiger partial charge in [0.25, 0.3) is 0 Å². The van der Waals surface area contributed by atoms with Crippen LogP contribution in [0, 0.1) is 11.8 Å². The van der Waals surface area contributed by atoms with E-state index in [1.165, 1.54) is 0 Å². The van der Waals surface area contributed by atoms with Crippen molar-refractivity contribution in [3.8, 4) is 0 Å². The van der Waals surface area contributed by atoms with Gasteiger partial charge < -0.3 is 10.2 Å². The molecule has 98 valence electrons. The maximum Gasteiger partial charge on any atom is 0.243 e. The van der Waals surface area contributed by atoms with Crippen LogP contribution in [0.4, 0.5) is 8.78 Å². The molecular formula is C12H20F2N2O. The van der Waals surface area contributed by atoms with E-state index in [9.17, 15) is 13.6 Å². The maximum atomic E-state index is 12.5. The fourth-order valence-corrected chi connectivity index (χ4v) is 2.68. The minimum atomic E-state index is -2.29. The lowest BCUT2D eigenvalue weighted by Gasteiger charge is -2.24. The Balaban J connectivity index is 1.76. The molecule has 0 saturated carbocycles. The van der Waals surface area contributed by atoms with Crippen LogP contribution in [0.15, 0.2) is 0 Å². The van der Waals surface area contributed by atoms with Crippen molar-refractivity contribution in [2.45, 2.75) is 32.1 Å². The SMILES string of the molecule is O=C(CC1CCNCC1)N1CC[C@H](C(F)F)C1. The molecule has 0 radical (unpaired) electrons. The van der Waals surface area contributed by atoms with Gasteiger partial charge in [-0.25, -0.2) is 8.78 Å². The second-order valence-electron chi connectivity index (χ2n) is 5.12. The van der Waals surface area contributed by atoms with Crippen LogP contribution >= 0.6 is 0 Å². The van der Waals surface area contributed by atoms with Gasteiger partial charge in [-0.15, -0.1) is 0 Å². The zero-order valence-electron chi connectivity index (χ0n) is 10.0. The van der Waals surface area contributed by atoms with Crippen molar-refractivity contribution in [2.24, 2.45) is 11.8 Å². The number of rotatable bonds is 3. The first-order valence-corrected chi connectivity index (χ1v) is 6.43. The first-order valence-electron chi connectivity index (χ1n) is 6.43. The van der Waals surface area contributed by atoms with E-state index in [2.05, 4.69) is 5.32 Å². The summed E-state index contributed by atoms with van der Waals surface area (Å²) in [6, 6.07) is 0. The minimum Gasteiger partial charge on any atom is -0.342 e. The minimum absolute atomic E-state index is 0.0695. The molecule has 2 fully saturated rings. The van der Waals surface area contributed by atoms with E-state index in [-0.39, 0.29) is 12.5 Å². The number of halogens is 2. The van der Waals surface area contributed by atoms with Crippen molar-refractivity contribution in [3.05, 3.63) is 0 Å².